The van der Waals surface area contributed by atoms with Crippen LogP contribution in [0, 0.1) is 5.41 Å². The van der Waals surface area contributed by atoms with Crippen molar-refractivity contribution in [2.75, 3.05) is 5.32 Å². The molecule has 0 radical (unpaired) electrons. The molecule has 1 heterocycles. The zero-order valence-corrected chi connectivity index (χ0v) is 10.3. The van der Waals surface area contributed by atoms with Crippen molar-refractivity contribution in [2.45, 2.75) is 19.3 Å². The summed E-state index contributed by atoms with van der Waals surface area (Å²) in [4.78, 5) is 11.8. The Kier molecular flexibility index (Phi) is 1.92. The average Bonchev–Trinajstić information content (AvgIpc) is 2.90. The van der Waals surface area contributed by atoms with Gasteiger partial charge in [0.2, 0.25) is 5.91 Å². The largest absolute Gasteiger partial charge is 0.324 e. The molecule has 1 aliphatic heterocycles. The fraction of sp³-hybridized carbons (Fsp3) is 0.364. The predicted octanol–water partition coefficient (Wildman–Crippen LogP) is 3.38. The van der Waals surface area contributed by atoms with Crippen molar-refractivity contribution in [3.63, 3.8) is 0 Å². The van der Waals surface area contributed by atoms with Crippen LogP contribution in [0.5, 0.6) is 0 Å². The molecule has 4 heteroatoms. The zero-order chi connectivity index (χ0) is 10.6. The Hall–Kier alpha value is -0.540. The van der Waals surface area contributed by atoms with Crippen LogP contribution < -0.4 is 5.32 Å². The molecular formula is C11H9BrClNO. The molecule has 0 bridgehead atoms. The van der Waals surface area contributed by atoms with Gasteiger partial charge in [-0.2, -0.15) is 0 Å². The Morgan fingerprint density at radius 2 is 2.13 bits per heavy atom. The van der Waals surface area contributed by atoms with E-state index in [0.717, 1.165) is 35.0 Å². The number of anilines is 1. The summed E-state index contributed by atoms with van der Waals surface area (Å²) in [5.41, 5.74) is 1.82. The Labute approximate surface area is 101 Å². The number of benzene rings is 1. The third kappa shape index (κ3) is 1.41. The Morgan fingerprint density at radius 1 is 1.40 bits per heavy atom. The van der Waals surface area contributed by atoms with Gasteiger partial charge in [0.05, 0.1) is 16.1 Å². The molecular weight excluding hydrogens is 277 g/mol. The molecule has 2 nitrogen and oxygen atoms in total. The molecule has 1 fully saturated rings. The first-order chi connectivity index (χ1) is 7.11. The van der Waals surface area contributed by atoms with Gasteiger partial charge in [0.25, 0.3) is 0 Å². The van der Waals surface area contributed by atoms with Crippen molar-refractivity contribution in [2.24, 2.45) is 5.41 Å². The van der Waals surface area contributed by atoms with Crippen LogP contribution in [-0.2, 0) is 11.2 Å². The van der Waals surface area contributed by atoms with Crippen molar-refractivity contribution in [1.82, 2.24) is 0 Å². The lowest BCUT2D eigenvalue weighted by atomic mass is 9.90. The topological polar surface area (TPSA) is 29.1 Å². The SMILES string of the molecule is O=C1Nc2c(Cl)cc(Br)cc2CC12CC2. The second kappa shape index (κ2) is 2.98. The minimum atomic E-state index is -0.114. The van der Waals surface area contributed by atoms with E-state index in [1.54, 1.807) is 0 Å². The number of hydrogen-bond acceptors (Lipinski definition) is 1. The molecule has 0 saturated heterocycles. The van der Waals surface area contributed by atoms with Crippen molar-refractivity contribution in [3.8, 4) is 0 Å². The molecule has 1 N–H and O–H groups in total. The lowest BCUT2D eigenvalue weighted by molar-refractivity contribution is -0.121. The lowest BCUT2D eigenvalue weighted by Gasteiger charge is -2.25. The van der Waals surface area contributed by atoms with Gasteiger partial charge in [-0.25, -0.2) is 0 Å². The molecule has 1 aliphatic carbocycles. The summed E-state index contributed by atoms with van der Waals surface area (Å²) in [7, 11) is 0. The predicted molar refractivity (Wildman–Crippen MR) is 63.2 cm³/mol. The van der Waals surface area contributed by atoms with Gasteiger partial charge in [-0.05, 0) is 37.0 Å². The molecule has 3 rings (SSSR count). The van der Waals surface area contributed by atoms with Crippen molar-refractivity contribution in [3.05, 3.63) is 27.2 Å². The highest BCUT2D eigenvalue weighted by atomic mass is 79.9. The third-order valence-electron chi connectivity index (χ3n) is 3.24. The van der Waals surface area contributed by atoms with Crippen molar-refractivity contribution in [1.29, 1.82) is 0 Å². The number of hydrogen-bond donors (Lipinski definition) is 1. The summed E-state index contributed by atoms with van der Waals surface area (Å²) >= 11 is 9.50. The number of halogens is 2. The molecule has 1 saturated carbocycles. The molecule has 0 unspecified atom stereocenters. The molecule has 1 aromatic carbocycles. The highest BCUT2D eigenvalue weighted by Crippen LogP contribution is 2.53. The highest BCUT2D eigenvalue weighted by Gasteiger charge is 2.52. The second-order valence-corrected chi connectivity index (χ2v) is 5.66. The van der Waals surface area contributed by atoms with Crippen LogP contribution in [0.1, 0.15) is 18.4 Å². The first-order valence-corrected chi connectivity index (χ1v) is 6.07. The normalized spacial score (nSPS) is 21.1. The molecule has 1 spiro atoms. The average molecular weight is 287 g/mol. The number of amides is 1. The quantitative estimate of drug-likeness (QED) is 0.778. The number of carbonyl (C=O) groups excluding carboxylic acids is 1. The molecule has 1 aromatic rings. The first-order valence-electron chi connectivity index (χ1n) is 4.90. The van der Waals surface area contributed by atoms with Crippen LogP contribution in [0.2, 0.25) is 5.02 Å². The number of carbonyl (C=O) groups is 1. The maximum absolute atomic E-state index is 11.8. The van der Waals surface area contributed by atoms with Gasteiger partial charge in [-0.3, -0.25) is 4.79 Å². The van der Waals surface area contributed by atoms with Crippen molar-refractivity contribution >= 4 is 39.1 Å². The van der Waals surface area contributed by atoms with Gasteiger partial charge in [-0.15, -0.1) is 0 Å². The molecule has 0 atom stereocenters. The van der Waals surface area contributed by atoms with E-state index >= 15 is 0 Å². The van der Waals surface area contributed by atoms with Crippen LogP contribution >= 0.6 is 27.5 Å². The maximum Gasteiger partial charge on any atom is 0.230 e. The summed E-state index contributed by atoms with van der Waals surface area (Å²) < 4.78 is 0.971. The summed E-state index contributed by atoms with van der Waals surface area (Å²) in [6.45, 7) is 0. The van der Waals surface area contributed by atoms with Crippen LogP contribution in [0.15, 0.2) is 16.6 Å². The second-order valence-electron chi connectivity index (χ2n) is 4.33. The smallest absolute Gasteiger partial charge is 0.230 e. The van der Waals surface area contributed by atoms with Gasteiger partial charge >= 0.3 is 0 Å². The Morgan fingerprint density at radius 3 is 2.80 bits per heavy atom. The van der Waals surface area contributed by atoms with Crippen LogP contribution in [0.25, 0.3) is 0 Å². The van der Waals surface area contributed by atoms with E-state index in [9.17, 15) is 4.79 Å². The van der Waals surface area contributed by atoms with E-state index in [2.05, 4.69) is 21.2 Å². The first kappa shape index (κ1) is 9.67. The third-order valence-corrected chi connectivity index (χ3v) is 4.00. The molecule has 15 heavy (non-hydrogen) atoms. The molecule has 0 aromatic heterocycles. The standard InChI is InChI=1S/C11H9BrClNO/c12-7-3-6-5-11(1-2-11)10(15)14-9(6)8(13)4-7/h3-4H,1-2,5H2,(H,14,15). The van der Waals surface area contributed by atoms with Crippen LogP contribution in [-0.4, -0.2) is 5.91 Å². The van der Waals surface area contributed by atoms with E-state index in [0.29, 0.717) is 5.02 Å². The summed E-state index contributed by atoms with van der Waals surface area (Å²) in [5.74, 6) is 0.138. The Bertz CT molecular complexity index is 468. The van der Waals surface area contributed by atoms with Crippen LogP contribution in [0.4, 0.5) is 5.69 Å². The highest BCUT2D eigenvalue weighted by molar-refractivity contribution is 9.10. The van der Waals surface area contributed by atoms with Gasteiger partial charge in [0, 0.05) is 4.47 Å². The summed E-state index contributed by atoms with van der Waals surface area (Å²) in [6, 6.07) is 3.85. The molecule has 78 valence electrons. The van der Waals surface area contributed by atoms with Gasteiger partial charge in [0.15, 0.2) is 0 Å². The van der Waals surface area contributed by atoms with Gasteiger partial charge < -0.3 is 5.32 Å². The van der Waals surface area contributed by atoms with E-state index in [-0.39, 0.29) is 11.3 Å². The van der Waals surface area contributed by atoms with E-state index in [4.69, 9.17) is 11.6 Å². The summed E-state index contributed by atoms with van der Waals surface area (Å²) in [5, 5.41) is 3.53. The Balaban J connectivity index is 2.12. The monoisotopic (exact) mass is 285 g/mol. The zero-order valence-electron chi connectivity index (χ0n) is 7.94. The number of fused-ring (bicyclic) bond motifs is 1. The van der Waals surface area contributed by atoms with Crippen LogP contribution in [0.3, 0.4) is 0 Å². The fourth-order valence-corrected chi connectivity index (χ4v) is 3.08. The van der Waals surface area contributed by atoms with E-state index < -0.39 is 0 Å². The summed E-state index contributed by atoms with van der Waals surface area (Å²) in [6.07, 6.45) is 2.83. The fourth-order valence-electron chi connectivity index (χ4n) is 2.15. The minimum absolute atomic E-state index is 0.114. The maximum atomic E-state index is 11.8. The van der Waals surface area contributed by atoms with E-state index in [1.807, 2.05) is 12.1 Å². The minimum Gasteiger partial charge on any atom is -0.324 e. The van der Waals surface area contributed by atoms with E-state index in [1.165, 1.54) is 0 Å². The lowest BCUT2D eigenvalue weighted by Crippen LogP contribution is -2.31. The number of nitrogens with one attached hydrogen (secondary N) is 1. The molecule has 1 amide bonds. The van der Waals surface area contributed by atoms with Gasteiger partial charge in [0.1, 0.15) is 0 Å². The molecule has 2 aliphatic rings. The number of rotatable bonds is 0. The van der Waals surface area contributed by atoms with Crippen molar-refractivity contribution < 1.29 is 4.79 Å². The van der Waals surface area contributed by atoms with Gasteiger partial charge in [-0.1, -0.05) is 27.5 Å².